The molecule has 1 atom stereocenters. The van der Waals surface area contributed by atoms with Gasteiger partial charge in [0.25, 0.3) is 0 Å². The van der Waals surface area contributed by atoms with Gasteiger partial charge in [-0.25, -0.2) is 0 Å². The molecule has 21 heavy (non-hydrogen) atoms. The molecule has 5 nitrogen and oxygen atoms in total. The van der Waals surface area contributed by atoms with Gasteiger partial charge in [-0.15, -0.1) is 0 Å². The molecular formula is C16H22N2O3. The highest BCUT2D eigenvalue weighted by molar-refractivity contribution is 5.86. The van der Waals surface area contributed by atoms with Gasteiger partial charge >= 0.3 is 5.97 Å². The number of hydrogen-bond acceptors (Lipinski definition) is 3. The minimum Gasteiger partial charge on any atom is -0.481 e. The fraction of sp³-hybridized carbons (Fsp3) is 0.500. The highest BCUT2D eigenvalue weighted by Crippen LogP contribution is 2.18. The van der Waals surface area contributed by atoms with Gasteiger partial charge in [0.1, 0.15) is 6.04 Å². The van der Waals surface area contributed by atoms with Gasteiger partial charge in [-0.05, 0) is 17.0 Å². The monoisotopic (exact) mass is 290 g/mol. The lowest BCUT2D eigenvalue weighted by Crippen LogP contribution is -2.55. The molecule has 0 spiro atoms. The number of carboxylic acid groups (broad SMARTS) is 1. The van der Waals surface area contributed by atoms with Gasteiger partial charge in [0.05, 0.1) is 6.42 Å². The minimum atomic E-state index is -0.947. The Morgan fingerprint density at radius 1 is 1.38 bits per heavy atom. The Balaban J connectivity index is 2.08. The fourth-order valence-electron chi connectivity index (χ4n) is 2.58. The van der Waals surface area contributed by atoms with Crippen molar-refractivity contribution in [3.8, 4) is 0 Å². The molecule has 0 aromatic heterocycles. The Kier molecular flexibility index (Phi) is 4.96. The highest BCUT2D eigenvalue weighted by Gasteiger charge is 2.31. The van der Waals surface area contributed by atoms with Crippen molar-refractivity contribution in [1.29, 1.82) is 0 Å². The SMILES string of the molecule is CC(C)c1ccc(CN2CCNC(=O)C2CC(=O)O)cc1. The second-order valence-corrected chi connectivity index (χ2v) is 5.77. The van der Waals surface area contributed by atoms with Crippen LogP contribution in [0, 0.1) is 0 Å². The molecule has 1 aliphatic heterocycles. The molecule has 1 amide bonds. The maximum atomic E-state index is 11.9. The second-order valence-electron chi connectivity index (χ2n) is 5.77. The molecule has 1 aromatic carbocycles. The van der Waals surface area contributed by atoms with Crippen molar-refractivity contribution in [2.45, 2.75) is 38.8 Å². The van der Waals surface area contributed by atoms with Gasteiger partial charge in [0, 0.05) is 19.6 Å². The summed E-state index contributed by atoms with van der Waals surface area (Å²) in [5.41, 5.74) is 2.38. The summed E-state index contributed by atoms with van der Waals surface area (Å²) in [5, 5.41) is 11.7. The normalized spacial score (nSPS) is 19.6. The van der Waals surface area contributed by atoms with E-state index in [0.29, 0.717) is 25.6 Å². The van der Waals surface area contributed by atoms with Crippen LogP contribution in [0.15, 0.2) is 24.3 Å². The van der Waals surface area contributed by atoms with E-state index in [1.165, 1.54) is 5.56 Å². The first kappa shape index (κ1) is 15.5. The lowest BCUT2D eigenvalue weighted by atomic mass is 10.0. The number of aliphatic carboxylic acids is 1. The van der Waals surface area contributed by atoms with Crippen LogP contribution in [0.4, 0.5) is 0 Å². The average molecular weight is 290 g/mol. The number of nitrogens with one attached hydrogen (secondary N) is 1. The first-order chi connectivity index (χ1) is 9.97. The number of rotatable bonds is 5. The molecule has 1 aromatic rings. The summed E-state index contributed by atoms with van der Waals surface area (Å²) in [7, 11) is 0. The molecule has 5 heteroatoms. The van der Waals surface area contributed by atoms with E-state index < -0.39 is 12.0 Å². The van der Waals surface area contributed by atoms with Crippen LogP contribution in [-0.4, -0.2) is 41.0 Å². The van der Waals surface area contributed by atoms with Crippen LogP contribution in [0.5, 0.6) is 0 Å². The average Bonchev–Trinajstić information content (AvgIpc) is 2.43. The van der Waals surface area contributed by atoms with Gasteiger partial charge in [-0.3, -0.25) is 14.5 Å². The van der Waals surface area contributed by atoms with Gasteiger partial charge < -0.3 is 10.4 Å². The van der Waals surface area contributed by atoms with Crippen molar-refractivity contribution in [2.24, 2.45) is 0 Å². The van der Waals surface area contributed by atoms with Crippen molar-refractivity contribution >= 4 is 11.9 Å². The van der Waals surface area contributed by atoms with Crippen LogP contribution in [0.1, 0.15) is 37.3 Å². The van der Waals surface area contributed by atoms with Gasteiger partial charge in [0.15, 0.2) is 0 Å². The summed E-state index contributed by atoms with van der Waals surface area (Å²) >= 11 is 0. The molecular weight excluding hydrogens is 268 g/mol. The van der Waals surface area contributed by atoms with Gasteiger partial charge in [-0.1, -0.05) is 38.1 Å². The highest BCUT2D eigenvalue weighted by atomic mass is 16.4. The van der Waals surface area contributed by atoms with E-state index in [9.17, 15) is 9.59 Å². The van der Waals surface area contributed by atoms with Crippen molar-refractivity contribution in [3.05, 3.63) is 35.4 Å². The molecule has 0 bridgehead atoms. The van der Waals surface area contributed by atoms with E-state index in [1.54, 1.807) is 0 Å². The number of hydrogen-bond donors (Lipinski definition) is 2. The molecule has 1 unspecified atom stereocenters. The third-order valence-corrected chi connectivity index (χ3v) is 3.84. The summed E-state index contributed by atoms with van der Waals surface area (Å²) in [6.07, 6.45) is -0.157. The van der Waals surface area contributed by atoms with Crippen LogP contribution >= 0.6 is 0 Å². The quantitative estimate of drug-likeness (QED) is 0.864. The summed E-state index contributed by atoms with van der Waals surface area (Å²) < 4.78 is 0. The zero-order chi connectivity index (χ0) is 15.4. The predicted octanol–water partition coefficient (Wildman–Crippen LogP) is 1.59. The fourth-order valence-corrected chi connectivity index (χ4v) is 2.58. The maximum Gasteiger partial charge on any atom is 0.305 e. The lowest BCUT2D eigenvalue weighted by molar-refractivity contribution is -0.143. The largest absolute Gasteiger partial charge is 0.481 e. The summed E-state index contributed by atoms with van der Waals surface area (Å²) in [5.74, 6) is -0.653. The van der Waals surface area contributed by atoms with E-state index in [-0.39, 0.29) is 12.3 Å². The predicted molar refractivity (Wildman–Crippen MR) is 80.0 cm³/mol. The van der Waals surface area contributed by atoms with E-state index in [0.717, 1.165) is 5.56 Å². The van der Waals surface area contributed by atoms with E-state index in [2.05, 4.69) is 43.4 Å². The Morgan fingerprint density at radius 3 is 2.62 bits per heavy atom. The molecule has 1 fully saturated rings. The number of carboxylic acids is 1. The molecule has 1 saturated heterocycles. The number of nitrogens with zero attached hydrogens (tertiary/aromatic N) is 1. The standard InChI is InChI=1S/C16H22N2O3/c1-11(2)13-5-3-12(4-6-13)10-18-8-7-17-16(21)14(18)9-15(19)20/h3-6,11,14H,7-10H2,1-2H3,(H,17,21)(H,19,20). The van der Waals surface area contributed by atoms with Crippen LogP contribution in [0.2, 0.25) is 0 Å². The molecule has 1 heterocycles. The molecule has 0 radical (unpaired) electrons. The molecule has 0 saturated carbocycles. The van der Waals surface area contributed by atoms with Gasteiger partial charge in [-0.2, -0.15) is 0 Å². The molecule has 114 valence electrons. The summed E-state index contributed by atoms with van der Waals surface area (Å²) in [6.45, 7) is 6.14. The number of carbonyl (C=O) groups is 2. The maximum absolute atomic E-state index is 11.9. The third-order valence-electron chi connectivity index (χ3n) is 3.84. The molecule has 2 rings (SSSR count). The zero-order valence-corrected chi connectivity index (χ0v) is 12.5. The van der Waals surface area contributed by atoms with E-state index >= 15 is 0 Å². The zero-order valence-electron chi connectivity index (χ0n) is 12.5. The van der Waals surface area contributed by atoms with Gasteiger partial charge in [0.2, 0.25) is 5.91 Å². The first-order valence-corrected chi connectivity index (χ1v) is 7.29. The van der Waals surface area contributed by atoms with Crippen LogP contribution < -0.4 is 5.32 Å². The smallest absolute Gasteiger partial charge is 0.305 e. The minimum absolute atomic E-state index is 0.157. The first-order valence-electron chi connectivity index (χ1n) is 7.29. The van der Waals surface area contributed by atoms with Crippen molar-refractivity contribution in [1.82, 2.24) is 10.2 Å². The summed E-state index contributed by atoms with van der Waals surface area (Å²) in [4.78, 5) is 24.7. The Bertz CT molecular complexity index is 511. The van der Waals surface area contributed by atoms with Crippen molar-refractivity contribution < 1.29 is 14.7 Å². The van der Waals surface area contributed by atoms with E-state index in [4.69, 9.17) is 5.11 Å². The number of amides is 1. The van der Waals surface area contributed by atoms with Crippen molar-refractivity contribution in [3.63, 3.8) is 0 Å². The Hall–Kier alpha value is -1.88. The Morgan fingerprint density at radius 2 is 2.05 bits per heavy atom. The molecule has 1 aliphatic rings. The number of piperazine rings is 1. The molecule has 0 aliphatic carbocycles. The van der Waals surface area contributed by atoms with Crippen LogP contribution in [0.25, 0.3) is 0 Å². The topological polar surface area (TPSA) is 69.6 Å². The number of carbonyl (C=O) groups excluding carboxylic acids is 1. The second kappa shape index (κ2) is 6.72. The van der Waals surface area contributed by atoms with Crippen LogP contribution in [-0.2, 0) is 16.1 Å². The van der Waals surface area contributed by atoms with E-state index in [1.807, 2.05) is 4.90 Å². The summed E-state index contributed by atoms with van der Waals surface area (Å²) in [6, 6.07) is 7.72. The third kappa shape index (κ3) is 4.04. The van der Waals surface area contributed by atoms with Crippen LogP contribution in [0.3, 0.4) is 0 Å². The van der Waals surface area contributed by atoms with Crippen molar-refractivity contribution in [2.75, 3.05) is 13.1 Å². The molecule has 2 N–H and O–H groups in total. The number of benzene rings is 1. The lowest BCUT2D eigenvalue weighted by Gasteiger charge is -2.34. The Labute approximate surface area is 125 Å².